The fourth-order valence-corrected chi connectivity index (χ4v) is 4.18. The first-order chi connectivity index (χ1) is 14.7. The summed E-state index contributed by atoms with van der Waals surface area (Å²) in [4.78, 5) is 22.1. The van der Waals surface area contributed by atoms with Crippen molar-refractivity contribution in [3.05, 3.63) is 98.8 Å². The molecule has 3 aromatic carbocycles. The Kier molecular flexibility index (Phi) is 6.64. The number of sulfonamides is 1. The number of hydrogen-bond donors (Lipinski definition) is 2. The summed E-state index contributed by atoms with van der Waals surface area (Å²) in [5.41, 5.74) is -0.160. The molecule has 0 bridgehead atoms. The van der Waals surface area contributed by atoms with Gasteiger partial charge in [-0.25, -0.2) is 13.1 Å². The van der Waals surface area contributed by atoms with E-state index in [9.17, 15) is 27.7 Å². The minimum absolute atomic E-state index is 0.0230. The molecule has 31 heavy (non-hydrogen) atoms. The Hall–Kier alpha value is -3.34. The molecule has 0 saturated carbocycles. The van der Waals surface area contributed by atoms with Crippen LogP contribution < -0.4 is 10.0 Å². The molecule has 160 valence electrons. The molecule has 0 aliphatic heterocycles. The van der Waals surface area contributed by atoms with Crippen molar-refractivity contribution in [3.8, 4) is 0 Å². The van der Waals surface area contributed by atoms with E-state index in [0.29, 0.717) is 0 Å². The minimum atomic E-state index is -4.04. The van der Waals surface area contributed by atoms with Gasteiger partial charge in [0.2, 0.25) is 15.8 Å². The van der Waals surface area contributed by atoms with Gasteiger partial charge in [0, 0.05) is 23.9 Å². The van der Waals surface area contributed by atoms with Crippen LogP contribution in [0.5, 0.6) is 0 Å². The van der Waals surface area contributed by atoms with Crippen molar-refractivity contribution < 1.29 is 22.5 Å². The normalized spacial score (nSPS) is 11.2. The first-order valence-corrected chi connectivity index (χ1v) is 10.6. The summed E-state index contributed by atoms with van der Waals surface area (Å²) in [5.74, 6) is -1.80. The largest absolute Gasteiger partial charge is 0.322 e. The zero-order valence-corrected chi connectivity index (χ0v) is 17.3. The molecule has 0 aromatic heterocycles. The molecule has 0 aliphatic rings. The number of anilines is 1. The van der Waals surface area contributed by atoms with E-state index in [1.54, 1.807) is 30.3 Å². The summed E-state index contributed by atoms with van der Waals surface area (Å²) in [5, 5.41) is 13.1. The van der Waals surface area contributed by atoms with Crippen molar-refractivity contribution in [2.24, 2.45) is 0 Å². The third-order valence-electron chi connectivity index (χ3n) is 4.19. The molecule has 8 nitrogen and oxygen atoms in total. The predicted octanol–water partition coefficient (Wildman–Crippen LogP) is 4.12. The van der Waals surface area contributed by atoms with Gasteiger partial charge in [0.15, 0.2) is 0 Å². The molecule has 0 unspecified atom stereocenters. The van der Waals surface area contributed by atoms with Crippen LogP contribution in [0.15, 0.2) is 71.6 Å². The first kappa shape index (κ1) is 22.3. The predicted molar refractivity (Wildman–Crippen MR) is 113 cm³/mol. The molecule has 0 heterocycles. The highest BCUT2D eigenvalue weighted by atomic mass is 35.5. The van der Waals surface area contributed by atoms with Crippen LogP contribution in [0.2, 0.25) is 5.02 Å². The molecule has 3 rings (SSSR count). The molecule has 1 amide bonds. The maximum absolute atomic E-state index is 13.5. The fraction of sp³-hybridized carbons (Fsp3) is 0.0500. The molecule has 11 heteroatoms. The van der Waals surface area contributed by atoms with Crippen LogP contribution in [0.4, 0.5) is 15.8 Å². The van der Waals surface area contributed by atoms with Crippen molar-refractivity contribution in [1.29, 1.82) is 0 Å². The number of halogens is 2. The lowest BCUT2D eigenvalue weighted by Crippen LogP contribution is -2.24. The number of nitrogens with one attached hydrogen (secondary N) is 2. The van der Waals surface area contributed by atoms with Crippen LogP contribution in [-0.4, -0.2) is 19.2 Å². The van der Waals surface area contributed by atoms with Gasteiger partial charge >= 0.3 is 5.69 Å². The fourth-order valence-electron chi connectivity index (χ4n) is 2.64. The number of benzene rings is 3. The molecule has 2 N–H and O–H groups in total. The number of nitro groups is 1. The third-order valence-corrected chi connectivity index (χ3v) is 6.08. The first-order valence-electron chi connectivity index (χ1n) is 8.76. The van der Waals surface area contributed by atoms with Gasteiger partial charge in [0.05, 0.1) is 9.95 Å². The summed E-state index contributed by atoms with van der Waals surface area (Å²) in [6.07, 6.45) is 0. The maximum Gasteiger partial charge on any atom is 0.306 e. The molecule has 3 aromatic rings. The standard InChI is InChI=1S/C20H15ClFN3O5S/c21-16-8-6-14(20(26)24-15-7-9-17(22)18(11-15)25(27)28)10-19(16)31(29,30)23-12-13-4-2-1-3-5-13/h1-11,23H,12H2,(H,24,26). The van der Waals surface area contributed by atoms with Crippen LogP contribution in [0.3, 0.4) is 0 Å². The van der Waals surface area contributed by atoms with E-state index in [2.05, 4.69) is 10.0 Å². The quantitative estimate of drug-likeness (QED) is 0.403. The lowest BCUT2D eigenvalue weighted by atomic mass is 10.2. The second-order valence-electron chi connectivity index (χ2n) is 6.33. The van der Waals surface area contributed by atoms with Crippen molar-refractivity contribution in [2.45, 2.75) is 11.4 Å². The Bertz CT molecular complexity index is 1250. The van der Waals surface area contributed by atoms with Crippen molar-refractivity contribution in [3.63, 3.8) is 0 Å². The van der Waals surface area contributed by atoms with Gasteiger partial charge in [-0.2, -0.15) is 4.39 Å². The molecule has 0 radical (unpaired) electrons. The second kappa shape index (κ2) is 9.21. The molecular weight excluding hydrogens is 449 g/mol. The van der Waals surface area contributed by atoms with Crippen molar-refractivity contribution >= 4 is 38.9 Å². The number of hydrogen-bond acceptors (Lipinski definition) is 5. The lowest BCUT2D eigenvalue weighted by Gasteiger charge is -2.11. The number of carbonyl (C=O) groups is 1. The van der Waals surface area contributed by atoms with Gasteiger partial charge < -0.3 is 5.32 Å². The Morgan fingerprint density at radius 1 is 1.06 bits per heavy atom. The smallest absolute Gasteiger partial charge is 0.306 e. The van der Waals surface area contributed by atoms with E-state index in [1.807, 2.05) is 0 Å². The van der Waals surface area contributed by atoms with Crippen molar-refractivity contribution in [1.82, 2.24) is 4.72 Å². The third kappa shape index (κ3) is 5.43. The van der Waals surface area contributed by atoms with Crippen molar-refractivity contribution in [2.75, 3.05) is 5.32 Å². The van der Waals surface area contributed by atoms with Gasteiger partial charge in [-0.15, -0.1) is 0 Å². The average molecular weight is 464 g/mol. The number of nitrogens with zero attached hydrogens (tertiary/aromatic N) is 1. The minimum Gasteiger partial charge on any atom is -0.322 e. The van der Waals surface area contributed by atoms with Gasteiger partial charge in [-0.05, 0) is 35.9 Å². The summed E-state index contributed by atoms with van der Waals surface area (Å²) in [6, 6.07) is 15.3. The monoisotopic (exact) mass is 463 g/mol. The van der Waals surface area contributed by atoms with Gasteiger partial charge in [0.1, 0.15) is 4.90 Å². The molecular formula is C20H15ClFN3O5S. The summed E-state index contributed by atoms with van der Waals surface area (Å²) in [7, 11) is -4.04. The summed E-state index contributed by atoms with van der Waals surface area (Å²) < 4.78 is 41.2. The topological polar surface area (TPSA) is 118 Å². The van der Waals surface area contributed by atoms with E-state index in [-0.39, 0.29) is 27.7 Å². The van der Waals surface area contributed by atoms with E-state index in [1.165, 1.54) is 12.1 Å². The van der Waals surface area contributed by atoms with Gasteiger partial charge in [-0.3, -0.25) is 14.9 Å². The number of nitro benzene ring substituents is 1. The Morgan fingerprint density at radius 2 is 1.77 bits per heavy atom. The number of amides is 1. The molecule has 0 fully saturated rings. The van der Waals surface area contributed by atoms with Crippen LogP contribution in [0, 0.1) is 15.9 Å². The van der Waals surface area contributed by atoms with Gasteiger partial charge in [-0.1, -0.05) is 41.9 Å². The zero-order valence-electron chi connectivity index (χ0n) is 15.7. The highest BCUT2D eigenvalue weighted by molar-refractivity contribution is 7.89. The van der Waals surface area contributed by atoms with Crippen LogP contribution in [0.1, 0.15) is 15.9 Å². The zero-order chi connectivity index (χ0) is 22.6. The summed E-state index contributed by atoms with van der Waals surface area (Å²) in [6.45, 7) is 0.0230. The van der Waals surface area contributed by atoms with Crippen LogP contribution >= 0.6 is 11.6 Å². The average Bonchev–Trinajstić information content (AvgIpc) is 2.74. The van der Waals surface area contributed by atoms with Crippen LogP contribution in [-0.2, 0) is 16.6 Å². The van der Waals surface area contributed by atoms with E-state index < -0.39 is 32.4 Å². The molecule has 0 aliphatic carbocycles. The van der Waals surface area contributed by atoms with E-state index >= 15 is 0 Å². The highest BCUT2D eigenvalue weighted by Crippen LogP contribution is 2.25. The molecule has 0 atom stereocenters. The maximum atomic E-state index is 13.5. The lowest BCUT2D eigenvalue weighted by molar-refractivity contribution is -0.387. The molecule has 0 saturated heterocycles. The SMILES string of the molecule is O=C(Nc1ccc(F)c([N+](=O)[O-])c1)c1ccc(Cl)c(S(=O)(=O)NCc2ccccc2)c1. The van der Waals surface area contributed by atoms with E-state index in [4.69, 9.17) is 11.6 Å². The number of rotatable bonds is 7. The second-order valence-corrected chi connectivity index (χ2v) is 8.48. The molecule has 0 spiro atoms. The van der Waals surface area contributed by atoms with Crippen LogP contribution in [0.25, 0.3) is 0 Å². The number of carbonyl (C=O) groups excluding carboxylic acids is 1. The Morgan fingerprint density at radius 3 is 2.45 bits per heavy atom. The summed E-state index contributed by atoms with van der Waals surface area (Å²) >= 11 is 6.03. The van der Waals surface area contributed by atoms with Gasteiger partial charge in [0.25, 0.3) is 5.91 Å². The van der Waals surface area contributed by atoms with E-state index in [0.717, 1.165) is 29.8 Å². The highest BCUT2D eigenvalue weighted by Gasteiger charge is 2.21. The Balaban J connectivity index is 1.82. The Labute approximate surface area is 181 Å².